The zero-order valence-electron chi connectivity index (χ0n) is 11.7. The van der Waals surface area contributed by atoms with Crippen molar-refractivity contribution in [1.82, 2.24) is 15.0 Å². The highest BCUT2D eigenvalue weighted by Crippen LogP contribution is 2.37. The molecule has 0 bridgehead atoms. The van der Waals surface area contributed by atoms with Crippen molar-refractivity contribution < 1.29 is 0 Å². The van der Waals surface area contributed by atoms with Crippen LogP contribution in [0.5, 0.6) is 0 Å². The lowest BCUT2D eigenvalue weighted by molar-refractivity contribution is 0.941. The molecule has 1 aliphatic rings. The molecule has 0 N–H and O–H groups in total. The van der Waals surface area contributed by atoms with Gasteiger partial charge in [-0.3, -0.25) is 0 Å². The van der Waals surface area contributed by atoms with Gasteiger partial charge < -0.3 is 4.90 Å². The second-order valence-electron chi connectivity index (χ2n) is 5.41. The Bertz CT molecular complexity index is 802. The number of rotatable bonds is 1. The van der Waals surface area contributed by atoms with E-state index in [1.807, 2.05) is 0 Å². The molecule has 0 saturated carbocycles. The molecular weight excluding hydrogens is 268 g/mol. The van der Waals surface area contributed by atoms with Gasteiger partial charge in [0.25, 0.3) is 0 Å². The first kappa shape index (κ1) is 12.0. The predicted octanol–water partition coefficient (Wildman–Crippen LogP) is 3.46. The minimum absolute atomic E-state index is 1.05. The van der Waals surface area contributed by atoms with Crippen LogP contribution in [0.2, 0.25) is 0 Å². The summed E-state index contributed by atoms with van der Waals surface area (Å²) < 4.78 is 1.18. The molecule has 3 aromatic rings. The van der Waals surface area contributed by atoms with Crippen LogP contribution in [-0.4, -0.2) is 28.0 Å². The Morgan fingerprint density at radius 1 is 1.15 bits per heavy atom. The Morgan fingerprint density at radius 3 is 2.75 bits per heavy atom. The second-order valence-corrected chi connectivity index (χ2v) is 6.41. The van der Waals surface area contributed by atoms with Crippen LogP contribution in [0.4, 0.5) is 5.82 Å². The Kier molecular flexibility index (Phi) is 2.63. The first-order valence-corrected chi connectivity index (χ1v) is 7.82. The lowest BCUT2D eigenvalue weighted by Crippen LogP contribution is -2.18. The molecule has 102 valence electrons. The standard InChI is InChI=1S/C15H16N4S/c1-9-7-11-12-13(20-15(11)18-10(9)2)14(17-8-16-12)19-5-3-4-6-19/h7-8H,3-6H2,1-2H3. The van der Waals surface area contributed by atoms with Crippen molar-refractivity contribution in [2.75, 3.05) is 18.0 Å². The van der Waals surface area contributed by atoms with Crippen molar-refractivity contribution in [3.63, 3.8) is 0 Å². The van der Waals surface area contributed by atoms with E-state index in [2.05, 4.69) is 34.8 Å². The maximum absolute atomic E-state index is 4.71. The number of fused-ring (bicyclic) bond motifs is 3. The van der Waals surface area contributed by atoms with E-state index in [1.54, 1.807) is 17.7 Å². The molecular formula is C15H16N4S. The largest absolute Gasteiger partial charge is 0.355 e. The number of nitrogens with zero attached hydrogens (tertiary/aromatic N) is 4. The quantitative estimate of drug-likeness (QED) is 0.686. The van der Waals surface area contributed by atoms with Crippen LogP contribution in [0.25, 0.3) is 20.4 Å². The van der Waals surface area contributed by atoms with Gasteiger partial charge in [-0.1, -0.05) is 0 Å². The van der Waals surface area contributed by atoms with E-state index in [-0.39, 0.29) is 0 Å². The summed E-state index contributed by atoms with van der Waals surface area (Å²) in [5.74, 6) is 1.09. The minimum atomic E-state index is 1.05. The highest BCUT2D eigenvalue weighted by molar-refractivity contribution is 7.25. The van der Waals surface area contributed by atoms with E-state index in [0.29, 0.717) is 0 Å². The monoisotopic (exact) mass is 284 g/mol. The van der Waals surface area contributed by atoms with E-state index < -0.39 is 0 Å². The molecule has 0 unspecified atom stereocenters. The fourth-order valence-electron chi connectivity index (χ4n) is 2.83. The minimum Gasteiger partial charge on any atom is -0.355 e. The highest BCUT2D eigenvalue weighted by Gasteiger charge is 2.19. The van der Waals surface area contributed by atoms with Crippen LogP contribution < -0.4 is 4.90 Å². The summed E-state index contributed by atoms with van der Waals surface area (Å²) >= 11 is 1.72. The molecule has 4 nitrogen and oxygen atoms in total. The molecule has 0 spiro atoms. The van der Waals surface area contributed by atoms with E-state index >= 15 is 0 Å². The third-order valence-corrected chi connectivity index (χ3v) is 5.16. The van der Waals surface area contributed by atoms with Gasteiger partial charge >= 0.3 is 0 Å². The van der Waals surface area contributed by atoms with Crippen LogP contribution in [0.15, 0.2) is 12.4 Å². The summed E-state index contributed by atoms with van der Waals surface area (Å²) in [5.41, 5.74) is 3.37. The lowest BCUT2D eigenvalue weighted by Gasteiger charge is -2.16. The molecule has 1 fully saturated rings. The van der Waals surface area contributed by atoms with Crippen molar-refractivity contribution in [2.45, 2.75) is 26.7 Å². The molecule has 0 aromatic carbocycles. The number of thiophene rings is 1. The molecule has 3 aromatic heterocycles. The molecule has 20 heavy (non-hydrogen) atoms. The third-order valence-electron chi connectivity index (χ3n) is 4.08. The van der Waals surface area contributed by atoms with Gasteiger partial charge in [0.1, 0.15) is 17.0 Å². The maximum atomic E-state index is 4.71. The molecule has 1 saturated heterocycles. The van der Waals surface area contributed by atoms with E-state index in [0.717, 1.165) is 40.3 Å². The Balaban J connectivity index is 2.03. The van der Waals surface area contributed by atoms with Crippen molar-refractivity contribution >= 4 is 37.6 Å². The SMILES string of the molecule is Cc1cc2c(nc1C)sc1c(N3CCCC3)ncnc12. The number of hydrogen-bond donors (Lipinski definition) is 0. The average Bonchev–Trinajstić information content (AvgIpc) is 3.07. The van der Waals surface area contributed by atoms with Crippen LogP contribution in [-0.2, 0) is 0 Å². The lowest BCUT2D eigenvalue weighted by atomic mass is 10.2. The number of anilines is 1. The van der Waals surface area contributed by atoms with Gasteiger partial charge in [-0.2, -0.15) is 0 Å². The zero-order chi connectivity index (χ0) is 13.7. The molecule has 1 aliphatic heterocycles. The van der Waals surface area contributed by atoms with Gasteiger partial charge in [0, 0.05) is 24.2 Å². The number of pyridine rings is 1. The molecule has 0 atom stereocenters. The van der Waals surface area contributed by atoms with Gasteiger partial charge in [-0.05, 0) is 38.3 Å². The first-order chi connectivity index (χ1) is 9.74. The highest BCUT2D eigenvalue weighted by atomic mass is 32.1. The third kappa shape index (κ3) is 1.69. The van der Waals surface area contributed by atoms with Crippen LogP contribution in [0, 0.1) is 13.8 Å². The first-order valence-electron chi connectivity index (χ1n) is 7.00. The van der Waals surface area contributed by atoms with Gasteiger partial charge in [0.05, 0.1) is 10.2 Å². The number of aryl methyl sites for hydroxylation is 2. The van der Waals surface area contributed by atoms with Crippen LogP contribution in [0.3, 0.4) is 0 Å². The molecule has 0 aliphatic carbocycles. The predicted molar refractivity (Wildman–Crippen MR) is 83.6 cm³/mol. The smallest absolute Gasteiger partial charge is 0.150 e. The summed E-state index contributed by atoms with van der Waals surface area (Å²) in [6.07, 6.45) is 4.21. The van der Waals surface area contributed by atoms with E-state index in [4.69, 9.17) is 4.98 Å². The number of aromatic nitrogens is 3. The van der Waals surface area contributed by atoms with Gasteiger partial charge in [0.2, 0.25) is 0 Å². The summed E-state index contributed by atoms with van der Waals surface area (Å²) in [6, 6.07) is 2.21. The summed E-state index contributed by atoms with van der Waals surface area (Å²) in [6.45, 7) is 6.37. The summed E-state index contributed by atoms with van der Waals surface area (Å²) in [4.78, 5) is 17.2. The van der Waals surface area contributed by atoms with Crippen molar-refractivity contribution in [3.05, 3.63) is 23.7 Å². The van der Waals surface area contributed by atoms with Gasteiger partial charge in [-0.25, -0.2) is 15.0 Å². The van der Waals surface area contributed by atoms with Gasteiger partial charge in [-0.15, -0.1) is 11.3 Å². The Hall–Kier alpha value is -1.75. The molecule has 0 amide bonds. The molecule has 5 heteroatoms. The van der Waals surface area contributed by atoms with Crippen molar-refractivity contribution in [2.24, 2.45) is 0 Å². The van der Waals surface area contributed by atoms with Crippen molar-refractivity contribution in [1.29, 1.82) is 0 Å². The molecule has 4 heterocycles. The topological polar surface area (TPSA) is 41.9 Å². The number of hydrogen-bond acceptors (Lipinski definition) is 5. The Morgan fingerprint density at radius 2 is 1.95 bits per heavy atom. The second kappa shape index (κ2) is 4.38. The fourth-order valence-corrected chi connectivity index (χ4v) is 4.01. The molecule has 4 rings (SSSR count). The van der Waals surface area contributed by atoms with Gasteiger partial charge in [0.15, 0.2) is 0 Å². The summed E-state index contributed by atoms with van der Waals surface area (Å²) in [7, 11) is 0. The fraction of sp³-hybridized carbons (Fsp3) is 0.400. The van der Waals surface area contributed by atoms with Crippen molar-refractivity contribution in [3.8, 4) is 0 Å². The van der Waals surface area contributed by atoms with Crippen LogP contribution in [0.1, 0.15) is 24.1 Å². The molecule has 0 radical (unpaired) electrons. The van der Waals surface area contributed by atoms with E-state index in [1.165, 1.54) is 23.1 Å². The van der Waals surface area contributed by atoms with Crippen LogP contribution >= 0.6 is 11.3 Å². The average molecular weight is 284 g/mol. The zero-order valence-corrected chi connectivity index (χ0v) is 12.5. The summed E-state index contributed by atoms with van der Waals surface area (Å²) in [5, 5.41) is 1.16. The van der Waals surface area contributed by atoms with E-state index in [9.17, 15) is 0 Å². The normalized spacial score (nSPS) is 15.6. The maximum Gasteiger partial charge on any atom is 0.150 e. The Labute approximate surface area is 121 Å².